The number of rotatable bonds is 5. The number of amides is 1. The van der Waals surface area contributed by atoms with Crippen LogP contribution in [-0.4, -0.2) is 44.4 Å². The van der Waals surface area contributed by atoms with Crippen LogP contribution in [0.2, 0.25) is 0 Å². The molecule has 5 heteroatoms. The third kappa shape index (κ3) is 4.45. The minimum absolute atomic E-state index is 0.0793. The summed E-state index contributed by atoms with van der Waals surface area (Å²) in [6.07, 6.45) is 4.87. The first-order chi connectivity index (χ1) is 11.2. The van der Waals surface area contributed by atoms with Crippen molar-refractivity contribution in [2.45, 2.75) is 44.8 Å². The van der Waals surface area contributed by atoms with E-state index < -0.39 is 0 Å². The molecule has 0 radical (unpaired) electrons. The van der Waals surface area contributed by atoms with Crippen LogP contribution in [0.1, 0.15) is 32.6 Å². The summed E-state index contributed by atoms with van der Waals surface area (Å²) in [5, 5.41) is 2.90. The first-order valence-electron chi connectivity index (χ1n) is 8.58. The molecule has 1 atom stereocenters. The molecule has 1 heterocycles. The van der Waals surface area contributed by atoms with Crippen molar-refractivity contribution in [2.75, 3.05) is 36.6 Å². The Morgan fingerprint density at radius 2 is 2.04 bits per heavy atom. The third-order valence-corrected chi connectivity index (χ3v) is 4.60. The van der Waals surface area contributed by atoms with E-state index in [0.29, 0.717) is 6.04 Å². The van der Waals surface area contributed by atoms with Gasteiger partial charge in [0.15, 0.2) is 0 Å². The van der Waals surface area contributed by atoms with Gasteiger partial charge in [-0.1, -0.05) is 12.8 Å². The van der Waals surface area contributed by atoms with Crippen LogP contribution in [0, 0.1) is 0 Å². The van der Waals surface area contributed by atoms with Crippen LogP contribution in [0.3, 0.4) is 0 Å². The number of carbonyl (C=O) groups is 1. The monoisotopic (exact) mass is 318 g/mol. The second-order valence-electron chi connectivity index (χ2n) is 6.43. The number of nitrogens with zero attached hydrogens (tertiary/aromatic N) is 1. The average molecular weight is 318 g/mol. The molecule has 1 aliphatic heterocycles. The zero-order valence-electron chi connectivity index (χ0n) is 13.8. The summed E-state index contributed by atoms with van der Waals surface area (Å²) in [6.45, 7) is 4.74. The summed E-state index contributed by atoms with van der Waals surface area (Å²) in [4.78, 5) is 14.3. The Hall–Kier alpha value is -1.59. The van der Waals surface area contributed by atoms with Gasteiger partial charge in [-0.15, -0.1) is 0 Å². The molecule has 3 rings (SSSR count). The van der Waals surface area contributed by atoms with Gasteiger partial charge in [-0.25, -0.2) is 0 Å². The van der Waals surface area contributed by atoms with Crippen LogP contribution in [0.15, 0.2) is 24.3 Å². The molecule has 2 aliphatic rings. The second kappa shape index (κ2) is 7.79. The Kier molecular flexibility index (Phi) is 5.51. The number of carbonyl (C=O) groups excluding carboxylic acids is 1. The maximum atomic E-state index is 11.9. The van der Waals surface area contributed by atoms with Crippen LogP contribution in [0.5, 0.6) is 0 Å². The minimum atomic E-state index is -0.0793. The van der Waals surface area contributed by atoms with E-state index in [0.717, 1.165) is 38.3 Å². The number of hydrogen-bond acceptors (Lipinski definition) is 4. The summed E-state index contributed by atoms with van der Waals surface area (Å²) in [5.41, 5.74) is 1.98. The maximum Gasteiger partial charge on any atom is 0.250 e. The van der Waals surface area contributed by atoms with E-state index in [1.807, 2.05) is 12.1 Å². The number of anilines is 2. The van der Waals surface area contributed by atoms with Gasteiger partial charge in [-0.05, 0) is 44.0 Å². The molecule has 23 heavy (non-hydrogen) atoms. The Balaban J connectivity index is 1.49. The molecule has 2 fully saturated rings. The fourth-order valence-electron chi connectivity index (χ4n) is 3.29. The average Bonchev–Trinajstić information content (AvgIpc) is 3.08. The number of morpholine rings is 1. The zero-order chi connectivity index (χ0) is 16.1. The van der Waals surface area contributed by atoms with Crippen molar-refractivity contribution < 1.29 is 14.3 Å². The summed E-state index contributed by atoms with van der Waals surface area (Å²) < 4.78 is 11.1. The third-order valence-electron chi connectivity index (χ3n) is 4.60. The highest BCUT2D eigenvalue weighted by Gasteiger charge is 2.19. The van der Waals surface area contributed by atoms with Gasteiger partial charge < -0.3 is 19.7 Å². The molecule has 1 N–H and O–H groups in total. The molecule has 5 nitrogen and oxygen atoms in total. The van der Waals surface area contributed by atoms with E-state index in [2.05, 4.69) is 29.3 Å². The van der Waals surface area contributed by atoms with Crippen molar-refractivity contribution >= 4 is 17.3 Å². The first kappa shape index (κ1) is 16.3. The number of nitrogens with one attached hydrogen (secondary N) is 1. The van der Waals surface area contributed by atoms with Crippen molar-refractivity contribution in [1.82, 2.24) is 0 Å². The lowest BCUT2D eigenvalue weighted by Crippen LogP contribution is -2.43. The maximum absolute atomic E-state index is 11.9. The van der Waals surface area contributed by atoms with Crippen LogP contribution in [-0.2, 0) is 14.3 Å². The molecule has 1 saturated heterocycles. The van der Waals surface area contributed by atoms with Crippen LogP contribution >= 0.6 is 0 Å². The molecular formula is C18H26N2O3. The van der Waals surface area contributed by atoms with Gasteiger partial charge in [-0.3, -0.25) is 4.79 Å². The molecule has 0 spiro atoms. The fourth-order valence-corrected chi connectivity index (χ4v) is 3.29. The molecule has 0 aromatic heterocycles. The van der Waals surface area contributed by atoms with E-state index in [9.17, 15) is 4.79 Å². The van der Waals surface area contributed by atoms with Crippen LogP contribution < -0.4 is 10.2 Å². The summed E-state index contributed by atoms with van der Waals surface area (Å²) in [7, 11) is 0. The Labute approximate surface area is 137 Å². The van der Waals surface area contributed by atoms with E-state index >= 15 is 0 Å². The van der Waals surface area contributed by atoms with E-state index in [1.54, 1.807) is 0 Å². The molecule has 1 aliphatic carbocycles. The van der Waals surface area contributed by atoms with Crippen molar-refractivity contribution in [1.29, 1.82) is 0 Å². The Morgan fingerprint density at radius 1 is 1.30 bits per heavy atom. The lowest BCUT2D eigenvalue weighted by atomic mass is 10.2. The quantitative estimate of drug-likeness (QED) is 0.907. The van der Waals surface area contributed by atoms with Gasteiger partial charge in [0.05, 0.1) is 19.3 Å². The molecule has 1 aromatic rings. The highest BCUT2D eigenvalue weighted by molar-refractivity contribution is 5.91. The van der Waals surface area contributed by atoms with Crippen LogP contribution in [0.4, 0.5) is 11.4 Å². The summed E-state index contributed by atoms with van der Waals surface area (Å²) in [5.74, 6) is -0.0793. The highest BCUT2D eigenvalue weighted by atomic mass is 16.5. The Bertz CT molecular complexity index is 512. The van der Waals surface area contributed by atoms with E-state index in [4.69, 9.17) is 9.47 Å². The highest BCUT2D eigenvalue weighted by Crippen LogP contribution is 2.22. The van der Waals surface area contributed by atoms with Gasteiger partial charge in [0.2, 0.25) is 5.91 Å². The minimum Gasteiger partial charge on any atom is -0.377 e. The molecule has 0 unspecified atom stereocenters. The lowest BCUT2D eigenvalue weighted by molar-refractivity contribution is -0.122. The second-order valence-corrected chi connectivity index (χ2v) is 6.43. The van der Waals surface area contributed by atoms with E-state index in [1.165, 1.54) is 18.5 Å². The molecule has 1 aromatic carbocycles. The predicted octanol–water partition coefficient (Wildman–Crippen LogP) is 2.81. The normalized spacial score (nSPS) is 22.3. The largest absolute Gasteiger partial charge is 0.377 e. The van der Waals surface area contributed by atoms with Gasteiger partial charge >= 0.3 is 0 Å². The first-order valence-corrected chi connectivity index (χ1v) is 8.58. The van der Waals surface area contributed by atoms with Gasteiger partial charge in [0, 0.05) is 24.0 Å². The predicted molar refractivity (Wildman–Crippen MR) is 90.9 cm³/mol. The van der Waals surface area contributed by atoms with Crippen molar-refractivity contribution in [3.63, 3.8) is 0 Å². The molecule has 0 bridgehead atoms. The van der Waals surface area contributed by atoms with Crippen molar-refractivity contribution in [3.8, 4) is 0 Å². The molecule has 1 saturated carbocycles. The summed E-state index contributed by atoms with van der Waals surface area (Å²) >= 11 is 0. The van der Waals surface area contributed by atoms with E-state index in [-0.39, 0.29) is 18.6 Å². The number of benzene rings is 1. The number of ether oxygens (including phenoxy) is 2. The SMILES string of the molecule is C[C@H]1COCCN1c1ccc(NC(=O)COC2CCCC2)cc1. The van der Waals surface area contributed by atoms with Gasteiger partial charge in [0.25, 0.3) is 0 Å². The standard InChI is InChI=1S/C18H26N2O3/c1-14-12-22-11-10-20(14)16-8-6-15(7-9-16)19-18(21)13-23-17-4-2-3-5-17/h6-9,14,17H,2-5,10-13H2,1H3,(H,19,21)/t14-/m0/s1. The zero-order valence-corrected chi connectivity index (χ0v) is 13.8. The lowest BCUT2D eigenvalue weighted by Gasteiger charge is -2.35. The van der Waals surface area contributed by atoms with Crippen molar-refractivity contribution in [3.05, 3.63) is 24.3 Å². The molecule has 126 valence electrons. The van der Waals surface area contributed by atoms with Crippen molar-refractivity contribution in [2.24, 2.45) is 0 Å². The molecular weight excluding hydrogens is 292 g/mol. The van der Waals surface area contributed by atoms with Gasteiger partial charge in [-0.2, -0.15) is 0 Å². The van der Waals surface area contributed by atoms with Gasteiger partial charge in [0.1, 0.15) is 6.61 Å². The number of hydrogen-bond donors (Lipinski definition) is 1. The topological polar surface area (TPSA) is 50.8 Å². The fraction of sp³-hybridized carbons (Fsp3) is 0.611. The summed E-state index contributed by atoms with van der Waals surface area (Å²) in [6, 6.07) is 8.38. The molecule has 1 amide bonds. The van der Waals surface area contributed by atoms with Crippen LogP contribution in [0.25, 0.3) is 0 Å². The smallest absolute Gasteiger partial charge is 0.250 e. The Morgan fingerprint density at radius 3 is 2.74 bits per heavy atom.